The fourth-order valence-electron chi connectivity index (χ4n) is 3.12. The van der Waals surface area contributed by atoms with Crippen molar-refractivity contribution in [1.29, 1.82) is 0 Å². The van der Waals surface area contributed by atoms with Crippen LogP contribution in [0.1, 0.15) is 32.4 Å². The number of nitrogens with one attached hydrogen (secondary N) is 1. The van der Waals surface area contributed by atoms with Crippen LogP contribution in [0.15, 0.2) is 30.5 Å². The minimum atomic E-state index is -0.463. The Hall–Kier alpha value is -2.01. The quantitative estimate of drug-likeness (QED) is 0.880. The maximum Gasteiger partial charge on any atom is 0.410 e. The Kier molecular flexibility index (Phi) is 4.06. The van der Waals surface area contributed by atoms with Crippen molar-refractivity contribution in [3.05, 3.63) is 36.0 Å². The average Bonchev–Trinajstić information content (AvgIpc) is 2.87. The van der Waals surface area contributed by atoms with Gasteiger partial charge in [0.25, 0.3) is 0 Å². The number of nitrogens with zero attached hydrogens (tertiary/aromatic N) is 2. The van der Waals surface area contributed by atoms with Gasteiger partial charge in [-0.25, -0.2) is 4.79 Å². The van der Waals surface area contributed by atoms with Gasteiger partial charge in [-0.1, -0.05) is 18.2 Å². The molecule has 0 aliphatic carbocycles. The van der Waals surface area contributed by atoms with Gasteiger partial charge in [0.15, 0.2) is 0 Å². The zero-order valence-corrected chi connectivity index (χ0v) is 14.3. The molecule has 5 heteroatoms. The van der Waals surface area contributed by atoms with E-state index in [-0.39, 0.29) is 12.1 Å². The number of fused-ring (bicyclic) bond motifs is 1. The van der Waals surface area contributed by atoms with Crippen molar-refractivity contribution in [1.82, 2.24) is 14.8 Å². The maximum atomic E-state index is 12.3. The molecule has 1 N–H and O–H groups in total. The third-order valence-corrected chi connectivity index (χ3v) is 4.13. The van der Waals surface area contributed by atoms with E-state index < -0.39 is 5.60 Å². The number of rotatable bonds is 1. The molecule has 1 aliphatic heterocycles. The van der Waals surface area contributed by atoms with Gasteiger partial charge < -0.3 is 19.5 Å². The molecule has 3 rings (SSSR count). The third-order valence-electron chi connectivity index (χ3n) is 4.13. The number of piperazine rings is 1. The molecule has 2 aromatic rings. The highest BCUT2D eigenvalue weighted by Gasteiger charge is 2.29. The molecule has 1 fully saturated rings. The Balaban J connectivity index is 1.83. The zero-order valence-electron chi connectivity index (χ0n) is 14.3. The van der Waals surface area contributed by atoms with Crippen LogP contribution in [0, 0.1) is 0 Å². The van der Waals surface area contributed by atoms with E-state index in [0.717, 1.165) is 6.54 Å². The minimum Gasteiger partial charge on any atom is -0.444 e. The van der Waals surface area contributed by atoms with Crippen LogP contribution in [0.5, 0.6) is 0 Å². The second-order valence-corrected chi connectivity index (χ2v) is 7.14. The zero-order chi connectivity index (χ0) is 16.6. The number of benzene rings is 1. The summed E-state index contributed by atoms with van der Waals surface area (Å²) < 4.78 is 7.65. The first-order chi connectivity index (χ1) is 10.8. The van der Waals surface area contributed by atoms with Crippen molar-refractivity contribution < 1.29 is 9.53 Å². The molecule has 1 unspecified atom stereocenters. The smallest absolute Gasteiger partial charge is 0.410 e. The van der Waals surface area contributed by atoms with E-state index in [0.29, 0.717) is 13.1 Å². The lowest BCUT2D eigenvalue weighted by molar-refractivity contribution is 0.0195. The van der Waals surface area contributed by atoms with Crippen LogP contribution in [0.2, 0.25) is 0 Å². The number of carbonyl (C=O) groups excluding carboxylic acids is 1. The maximum absolute atomic E-state index is 12.3. The predicted octanol–water partition coefficient (Wildman–Crippen LogP) is 3.06. The number of para-hydroxylation sites is 1. The van der Waals surface area contributed by atoms with Gasteiger partial charge in [-0.05, 0) is 37.8 Å². The van der Waals surface area contributed by atoms with Crippen molar-refractivity contribution in [2.24, 2.45) is 7.05 Å². The molecule has 1 atom stereocenters. The SMILES string of the molecule is Cn1ccc2cccc(C3CN(C(=O)OC(C)(C)C)CCN3)c21. The second kappa shape index (κ2) is 5.89. The fraction of sp³-hybridized carbons (Fsp3) is 0.500. The number of amides is 1. The summed E-state index contributed by atoms with van der Waals surface area (Å²) in [6, 6.07) is 8.57. The predicted molar refractivity (Wildman–Crippen MR) is 91.5 cm³/mol. The van der Waals surface area contributed by atoms with Crippen molar-refractivity contribution in [3.8, 4) is 0 Å². The number of aromatic nitrogens is 1. The lowest BCUT2D eigenvalue weighted by Gasteiger charge is -2.35. The summed E-state index contributed by atoms with van der Waals surface area (Å²) in [4.78, 5) is 14.1. The van der Waals surface area contributed by atoms with E-state index >= 15 is 0 Å². The first-order valence-electron chi connectivity index (χ1n) is 8.10. The third kappa shape index (κ3) is 3.34. The molecule has 1 aliphatic rings. The van der Waals surface area contributed by atoms with E-state index in [4.69, 9.17) is 4.74 Å². The monoisotopic (exact) mass is 315 g/mol. The highest BCUT2D eigenvalue weighted by atomic mass is 16.6. The molecular formula is C18H25N3O2. The highest BCUT2D eigenvalue weighted by Crippen LogP contribution is 2.27. The number of aryl methyl sites for hydroxylation is 1. The van der Waals surface area contributed by atoms with Gasteiger partial charge in [-0.3, -0.25) is 0 Å². The first-order valence-corrected chi connectivity index (χ1v) is 8.10. The number of carbonyl (C=O) groups is 1. The Morgan fingerprint density at radius 3 is 2.83 bits per heavy atom. The molecule has 0 bridgehead atoms. The molecule has 1 amide bonds. The van der Waals surface area contributed by atoms with Gasteiger partial charge in [-0.15, -0.1) is 0 Å². The van der Waals surface area contributed by atoms with E-state index in [1.54, 1.807) is 4.90 Å². The van der Waals surface area contributed by atoms with Gasteiger partial charge in [0.1, 0.15) is 5.60 Å². The average molecular weight is 315 g/mol. The van der Waals surface area contributed by atoms with E-state index in [1.165, 1.54) is 16.5 Å². The van der Waals surface area contributed by atoms with Crippen LogP contribution in [0.25, 0.3) is 10.9 Å². The van der Waals surface area contributed by atoms with Crippen LogP contribution in [0.4, 0.5) is 4.79 Å². The fourth-order valence-corrected chi connectivity index (χ4v) is 3.12. The van der Waals surface area contributed by atoms with Gasteiger partial charge >= 0.3 is 6.09 Å². The Morgan fingerprint density at radius 1 is 1.30 bits per heavy atom. The Labute approximate surface area is 137 Å². The minimum absolute atomic E-state index is 0.119. The standard InChI is InChI=1S/C18H25N3O2/c1-18(2,3)23-17(22)21-11-9-19-15(12-21)14-7-5-6-13-8-10-20(4)16(13)14/h5-8,10,15,19H,9,11-12H2,1-4H3. The summed E-state index contributed by atoms with van der Waals surface area (Å²) in [6.45, 7) is 7.76. The summed E-state index contributed by atoms with van der Waals surface area (Å²) in [5.41, 5.74) is 1.98. The normalized spacial score (nSPS) is 19.1. The van der Waals surface area contributed by atoms with Crippen molar-refractivity contribution in [2.45, 2.75) is 32.4 Å². The first kappa shape index (κ1) is 15.9. The molecule has 1 saturated heterocycles. The molecule has 0 saturated carbocycles. The summed E-state index contributed by atoms with van der Waals surface area (Å²) >= 11 is 0. The lowest BCUT2D eigenvalue weighted by Crippen LogP contribution is -2.49. The molecule has 23 heavy (non-hydrogen) atoms. The lowest BCUT2D eigenvalue weighted by atomic mass is 10.0. The molecule has 2 heterocycles. The second-order valence-electron chi connectivity index (χ2n) is 7.14. The molecule has 124 valence electrons. The van der Waals surface area contributed by atoms with Crippen molar-refractivity contribution >= 4 is 17.0 Å². The van der Waals surface area contributed by atoms with Crippen LogP contribution in [-0.4, -0.2) is 40.8 Å². The Bertz CT molecular complexity index is 715. The van der Waals surface area contributed by atoms with Gasteiger partial charge in [0, 0.05) is 32.9 Å². The number of hydrogen-bond acceptors (Lipinski definition) is 3. The van der Waals surface area contributed by atoms with Crippen LogP contribution in [-0.2, 0) is 11.8 Å². The van der Waals surface area contributed by atoms with Crippen LogP contribution in [0.3, 0.4) is 0 Å². The van der Waals surface area contributed by atoms with Gasteiger partial charge in [-0.2, -0.15) is 0 Å². The molecule has 0 spiro atoms. The number of ether oxygens (including phenoxy) is 1. The molecule has 0 radical (unpaired) electrons. The van der Waals surface area contributed by atoms with Gasteiger partial charge in [0.05, 0.1) is 11.6 Å². The largest absolute Gasteiger partial charge is 0.444 e. The van der Waals surface area contributed by atoms with Crippen LogP contribution < -0.4 is 5.32 Å². The highest BCUT2D eigenvalue weighted by molar-refractivity contribution is 5.84. The summed E-state index contributed by atoms with van der Waals surface area (Å²) in [5, 5.41) is 4.75. The molecule has 1 aromatic heterocycles. The number of hydrogen-bond donors (Lipinski definition) is 1. The van der Waals surface area contributed by atoms with E-state index in [2.05, 4.69) is 47.4 Å². The summed E-state index contributed by atoms with van der Waals surface area (Å²) in [7, 11) is 2.06. The van der Waals surface area contributed by atoms with Gasteiger partial charge in [0.2, 0.25) is 0 Å². The molecule has 1 aromatic carbocycles. The topological polar surface area (TPSA) is 46.5 Å². The molecule has 5 nitrogen and oxygen atoms in total. The van der Waals surface area contributed by atoms with Crippen molar-refractivity contribution in [3.63, 3.8) is 0 Å². The van der Waals surface area contributed by atoms with Crippen molar-refractivity contribution in [2.75, 3.05) is 19.6 Å². The Morgan fingerprint density at radius 2 is 2.09 bits per heavy atom. The molecular weight excluding hydrogens is 290 g/mol. The van der Waals surface area contributed by atoms with Crippen LogP contribution >= 0.6 is 0 Å². The summed E-state index contributed by atoms with van der Waals surface area (Å²) in [6.07, 6.45) is 1.84. The summed E-state index contributed by atoms with van der Waals surface area (Å²) in [5.74, 6) is 0. The van der Waals surface area contributed by atoms with E-state index in [1.807, 2.05) is 20.8 Å². The van der Waals surface area contributed by atoms with E-state index in [9.17, 15) is 4.79 Å².